The number of piperidine rings is 1. The number of likely N-dealkylation sites (tertiary alicyclic amines) is 1. The summed E-state index contributed by atoms with van der Waals surface area (Å²) < 4.78 is 44.2. The summed E-state index contributed by atoms with van der Waals surface area (Å²) in [5.74, 6) is -0.217. The van der Waals surface area contributed by atoms with Crippen molar-refractivity contribution in [3.63, 3.8) is 0 Å². The molecule has 1 aromatic rings. The van der Waals surface area contributed by atoms with Gasteiger partial charge in [-0.15, -0.1) is 0 Å². The molecule has 8 heteroatoms. The monoisotopic (exact) mass is 412 g/mol. The number of carbonyl (C=O) groups excluding carboxylic acids is 2. The van der Waals surface area contributed by atoms with E-state index in [4.69, 9.17) is 4.74 Å². The van der Waals surface area contributed by atoms with Crippen LogP contribution in [0.5, 0.6) is 0 Å². The highest BCUT2D eigenvalue weighted by Gasteiger charge is 2.34. The highest BCUT2D eigenvalue weighted by molar-refractivity contribution is 5.81. The molecular weight excluding hydrogens is 385 g/mol. The van der Waals surface area contributed by atoms with Gasteiger partial charge in [0, 0.05) is 32.1 Å². The van der Waals surface area contributed by atoms with Gasteiger partial charge in [0.2, 0.25) is 11.8 Å². The molecule has 0 radical (unpaired) electrons. The van der Waals surface area contributed by atoms with E-state index in [2.05, 4.69) is 0 Å². The van der Waals surface area contributed by atoms with Crippen molar-refractivity contribution in [3.05, 3.63) is 35.4 Å². The minimum Gasteiger partial charge on any atom is -0.372 e. The first-order valence-electron chi connectivity index (χ1n) is 10.0. The van der Waals surface area contributed by atoms with Gasteiger partial charge in [0.05, 0.1) is 24.2 Å². The molecule has 2 atom stereocenters. The minimum atomic E-state index is -4.42. The van der Waals surface area contributed by atoms with E-state index in [1.807, 2.05) is 18.7 Å². The predicted octanol–water partition coefficient (Wildman–Crippen LogP) is 3.12. The maximum Gasteiger partial charge on any atom is 0.416 e. The van der Waals surface area contributed by atoms with Gasteiger partial charge in [-0.05, 0) is 38.3 Å². The molecule has 0 spiro atoms. The maximum atomic E-state index is 12.8. The van der Waals surface area contributed by atoms with Gasteiger partial charge >= 0.3 is 6.18 Å². The summed E-state index contributed by atoms with van der Waals surface area (Å²) in [4.78, 5) is 28.8. The van der Waals surface area contributed by atoms with Crippen molar-refractivity contribution in [3.8, 4) is 0 Å². The van der Waals surface area contributed by atoms with Crippen LogP contribution in [0.4, 0.5) is 13.2 Å². The van der Waals surface area contributed by atoms with Crippen LogP contribution in [0, 0.1) is 5.92 Å². The van der Waals surface area contributed by atoms with Crippen molar-refractivity contribution >= 4 is 11.8 Å². The summed E-state index contributed by atoms with van der Waals surface area (Å²) in [7, 11) is 0. The van der Waals surface area contributed by atoms with E-state index in [1.165, 1.54) is 12.1 Å². The Morgan fingerprint density at radius 1 is 1.07 bits per heavy atom. The van der Waals surface area contributed by atoms with Gasteiger partial charge in [0.1, 0.15) is 0 Å². The second kappa shape index (κ2) is 8.73. The van der Waals surface area contributed by atoms with Gasteiger partial charge in [-0.2, -0.15) is 13.2 Å². The van der Waals surface area contributed by atoms with Crippen molar-refractivity contribution in [1.82, 2.24) is 9.80 Å². The largest absolute Gasteiger partial charge is 0.416 e. The van der Waals surface area contributed by atoms with Gasteiger partial charge in [0.15, 0.2) is 0 Å². The second-order valence-corrected chi connectivity index (χ2v) is 8.03. The highest BCUT2D eigenvalue weighted by atomic mass is 19.4. The molecule has 0 aromatic heterocycles. The topological polar surface area (TPSA) is 49.9 Å². The molecule has 0 N–H and O–H groups in total. The van der Waals surface area contributed by atoms with Crippen LogP contribution in [0.25, 0.3) is 0 Å². The quantitative estimate of drug-likeness (QED) is 0.767. The van der Waals surface area contributed by atoms with E-state index in [0.29, 0.717) is 44.6 Å². The van der Waals surface area contributed by atoms with Crippen LogP contribution in [-0.4, -0.2) is 60.0 Å². The molecule has 3 rings (SSSR count). The lowest BCUT2D eigenvalue weighted by molar-refractivity contribution is -0.150. The summed E-state index contributed by atoms with van der Waals surface area (Å²) in [6, 6.07) is 4.87. The number of amides is 2. The molecule has 2 fully saturated rings. The molecular formula is C21H27F3N2O3. The molecule has 1 aromatic carbocycles. The number of hydrogen-bond donors (Lipinski definition) is 0. The first-order valence-corrected chi connectivity index (χ1v) is 10.0. The lowest BCUT2D eigenvalue weighted by Gasteiger charge is -2.39. The number of benzene rings is 1. The molecule has 2 aliphatic rings. The zero-order valence-corrected chi connectivity index (χ0v) is 16.7. The van der Waals surface area contributed by atoms with Crippen LogP contribution >= 0.6 is 0 Å². The van der Waals surface area contributed by atoms with Crippen molar-refractivity contribution < 1.29 is 27.5 Å². The van der Waals surface area contributed by atoms with E-state index in [-0.39, 0.29) is 36.4 Å². The number of rotatable bonds is 3. The number of morpholine rings is 1. The summed E-state index contributed by atoms with van der Waals surface area (Å²) >= 11 is 0. The number of ether oxygens (including phenoxy) is 1. The molecule has 5 nitrogen and oxygen atoms in total. The first kappa shape index (κ1) is 21.6. The Labute approximate surface area is 168 Å². The summed E-state index contributed by atoms with van der Waals surface area (Å²) in [6.45, 7) is 5.96. The predicted molar refractivity (Wildman–Crippen MR) is 101 cm³/mol. The molecule has 2 amide bonds. The number of nitrogens with zero attached hydrogens (tertiary/aromatic N) is 2. The molecule has 29 heavy (non-hydrogen) atoms. The first-order chi connectivity index (χ1) is 13.6. The van der Waals surface area contributed by atoms with Crippen molar-refractivity contribution in [2.24, 2.45) is 5.92 Å². The molecule has 0 aliphatic carbocycles. The Balaban J connectivity index is 1.53. The lowest BCUT2D eigenvalue weighted by atomic mass is 9.94. The third kappa shape index (κ3) is 5.50. The average molecular weight is 412 g/mol. The minimum absolute atomic E-state index is 0.0110. The van der Waals surface area contributed by atoms with E-state index in [0.717, 1.165) is 12.1 Å². The molecule has 0 bridgehead atoms. The number of carbonyl (C=O) groups is 2. The van der Waals surface area contributed by atoms with E-state index in [1.54, 1.807) is 4.90 Å². The SMILES string of the molecule is CC1CN(C(=O)C2CCN(C(=O)Cc3cccc(C(F)(F)F)c3)CC2)CC(C)O1. The zero-order chi connectivity index (χ0) is 21.2. The number of alkyl halides is 3. The van der Waals surface area contributed by atoms with Crippen LogP contribution in [0.2, 0.25) is 0 Å². The van der Waals surface area contributed by atoms with Crippen molar-refractivity contribution in [2.75, 3.05) is 26.2 Å². The normalized spacial score (nSPS) is 23.9. The Morgan fingerprint density at radius 3 is 2.28 bits per heavy atom. The maximum absolute atomic E-state index is 12.8. The Morgan fingerprint density at radius 2 is 1.69 bits per heavy atom. The standard InChI is InChI=1S/C21H27F3N2O3/c1-14-12-26(13-15(2)29-14)20(28)17-6-8-25(9-7-17)19(27)11-16-4-3-5-18(10-16)21(22,23)24/h3-5,10,14-15,17H,6-9,11-13H2,1-2H3. The third-order valence-electron chi connectivity index (χ3n) is 5.54. The smallest absolute Gasteiger partial charge is 0.372 e. The number of hydrogen-bond acceptors (Lipinski definition) is 3. The fourth-order valence-corrected chi connectivity index (χ4v) is 4.14. The lowest BCUT2D eigenvalue weighted by Crippen LogP contribution is -2.51. The second-order valence-electron chi connectivity index (χ2n) is 8.03. The van der Waals surface area contributed by atoms with Gasteiger partial charge < -0.3 is 14.5 Å². The van der Waals surface area contributed by atoms with Crippen LogP contribution < -0.4 is 0 Å². The Hall–Kier alpha value is -2.09. The van der Waals surface area contributed by atoms with Crippen LogP contribution in [0.15, 0.2) is 24.3 Å². The fourth-order valence-electron chi connectivity index (χ4n) is 4.14. The average Bonchev–Trinajstić information content (AvgIpc) is 2.66. The van der Waals surface area contributed by atoms with Gasteiger partial charge in [-0.25, -0.2) is 0 Å². The highest BCUT2D eigenvalue weighted by Crippen LogP contribution is 2.30. The molecule has 2 heterocycles. The third-order valence-corrected chi connectivity index (χ3v) is 5.54. The molecule has 2 aliphatic heterocycles. The van der Waals surface area contributed by atoms with E-state index in [9.17, 15) is 22.8 Å². The van der Waals surface area contributed by atoms with E-state index < -0.39 is 11.7 Å². The number of halogens is 3. The van der Waals surface area contributed by atoms with Gasteiger partial charge in [-0.3, -0.25) is 9.59 Å². The Bertz CT molecular complexity index is 735. The van der Waals surface area contributed by atoms with Crippen molar-refractivity contribution in [2.45, 2.75) is 51.5 Å². The molecule has 160 valence electrons. The van der Waals surface area contributed by atoms with Gasteiger partial charge in [-0.1, -0.05) is 18.2 Å². The van der Waals surface area contributed by atoms with Crippen molar-refractivity contribution in [1.29, 1.82) is 0 Å². The fraction of sp³-hybridized carbons (Fsp3) is 0.619. The van der Waals surface area contributed by atoms with Gasteiger partial charge in [0.25, 0.3) is 0 Å². The summed E-state index contributed by atoms with van der Waals surface area (Å²) in [6.07, 6.45) is -3.32. The van der Waals surface area contributed by atoms with E-state index >= 15 is 0 Å². The molecule has 2 saturated heterocycles. The molecule has 0 saturated carbocycles. The van der Waals surface area contributed by atoms with Crippen LogP contribution in [0.1, 0.15) is 37.8 Å². The van der Waals surface area contributed by atoms with Crippen LogP contribution in [-0.2, 0) is 26.9 Å². The zero-order valence-electron chi connectivity index (χ0n) is 16.7. The van der Waals surface area contributed by atoms with Crippen LogP contribution in [0.3, 0.4) is 0 Å². The summed E-state index contributed by atoms with van der Waals surface area (Å²) in [5.41, 5.74) is -0.402. The summed E-state index contributed by atoms with van der Waals surface area (Å²) in [5, 5.41) is 0. The molecule has 2 unspecified atom stereocenters. The Kier molecular flexibility index (Phi) is 6.51.